The van der Waals surface area contributed by atoms with Crippen LogP contribution in [0, 0.1) is 0 Å². The van der Waals surface area contributed by atoms with Gasteiger partial charge in [-0.3, -0.25) is 0 Å². The molecule has 0 radical (unpaired) electrons. The van der Waals surface area contributed by atoms with E-state index in [0.717, 1.165) is 0 Å². The number of nitrogens with zero attached hydrogens (tertiary/aromatic N) is 1. The molecule has 62 valence electrons. The smallest absolute Gasteiger partial charge is 0.374 e. The zero-order valence-corrected chi connectivity index (χ0v) is 6.23. The molecule has 0 unspecified atom stereocenters. The number of isocyanates is 1. The van der Waals surface area contributed by atoms with Gasteiger partial charge >= 0.3 is 5.97 Å². The van der Waals surface area contributed by atoms with E-state index < -0.39 is 5.97 Å². The van der Waals surface area contributed by atoms with Crippen LogP contribution in [0.15, 0.2) is 21.5 Å². The molecule has 1 rings (SSSR count). The lowest BCUT2D eigenvalue weighted by molar-refractivity contribution is 0.0566. The van der Waals surface area contributed by atoms with Crippen molar-refractivity contribution in [3.8, 4) is 0 Å². The quantitative estimate of drug-likeness (QED) is 0.374. The Morgan fingerprint density at radius 3 is 3.00 bits per heavy atom. The van der Waals surface area contributed by atoms with Crippen LogP contribution >= 0.6 is 0 Å². The molecule has 0 bridgehead atoms. The van der Waals surface area contributed by atoms with E-state index in [1.165, 1.54) is 25.3 Å². The summed E-state index contributed by atoms with van der Waals surface area (Å²) in [7, 11) is 1.23. The standard InChI is InChI=1S/C7H5NO4/c1-11-7(10)5-2-3-6(12-5)8-4-9/h2-3H,1H3. The molecule has 5 nitrogen and oxygen atoms in total. The predicted octanol–water partition coefficient (Wildman–Crippen LogP) is 1.03. The summed E-state index contributed by atoms with van der Waals surface area (Å²) >= 11 is 0. The maximum atomic E-state index is 10.8. The molecule has 0 N–H and O–H groups in total. The van der Waals surface area contributed by atoms with Crippen LogP contribution in [-0.4, -0.2) is 19.2 Å². The fourth-order valence-corrected chi connectivity index (χ4v) is 0.643. The molecule has 0 amide bonds. The van der Waals surface area contributed by atoms with Gasteiger partial charge in [0.1, 0.15) is 0 Å². The van der Waals surface area contributed by atoms with Crippen LogP contribution in [-0.2, 0) is 9.53 Å². The molecule has 0 aromatic carbocycles. The van der Waals surface area contributed by atoms with E-state index in [4.69, 9.17) is 4.42 Å². The molecule has 12 heavy (non-hydrogen) atoms. The Morgan fingerprint density at radius 2 is 2.42 bits per heavy atom. The number of aliphatic imine (C=N–C) groups is 1. The summed E-state index contributed by atoms with van der Waals surface area (Å²) in [5.74, 6) is -0.570. The van der Waals surface area contributed by atoms with Crippen LogP contribution in [0.1, 0.15) is 10.6 Å². The summed E-state index contributed by atoms with van der Waals surface area (Å²) in [6.07, 6.45) is 1.28. The molecular weight excluding hydrogens is 162 g/mol. The number of rotatable bonds is 2. The molecule has 0 fully saturated rings. The number of methoxy groups -OCH3 is 1. The van der Waals surface area contributed by atoms with Crippen molar-refractivity contribution >= 4 is 17.9 Å². The van der Waals surface area contributed by atoms with E-state index in [9.17, 15) is 9.59 Å². The van der Waals surface area contributed by atoms with Crippen molar-refractivity contribution in [1.29, 1.82) is 0 Å². The van der Waals surface area contributed by atoms with E-state index in [2.05, 4.69) is 9.73 Å². The van der Waals surface area contributed by atoms with Crippen molar-refractivity contribution in [2.24, 2.45) is 4.99 Å². The van der Waals surface area contributed by atoms with Gasteiger partial charge in [0.05, 0.1) is 7.11 Å². The minimum absolute atomic E-state index is 0.00602. The fourth-order valence-electron chi connectivity index (χ4n) is 0.643. The fraction of sp³-hybridized carbons (Fsp3) is 0.143. The number of furan rings is 1. The topological polar surface area (TPSA) is 68.9 Å². The van der Waals surface area contributed by atoms with Gasteiger partial charge in [-0.05, 0) is 6.07 Å². The molecule has 0 aliphatic carbocycles. The van der Waals surface area contributed by atoms with Gasteiger partial charge in [-0.25, -0.2) is 9.59 Å². The summed E-state index contributed by atoms with van der Waals surface area (Å²) in [6, 6.07) is 2.74. The Kier molecular flexibility index (Phi) is 2.40. The minimum atomic E-state index is -0.609. The molecule has 0 saturated heterocycles. The molecule has 5 heteroatoms. The Bertz CT molecular complexity index is 335. The molecular formula is C7H5NO4. The van der Waals surface area contributed by atoms with Gasteiger partial charge in [-0.1, -0.05) is 0 Å². The Hall–Kier alpha value is -1.87. The molecule has 0 spiro atoms. The van der Waals surface area contributed by atoms with Gasteiger partial charge in [0.15, 0.2) is 0 Å². The van der Waals surface area contributed by atoms with Crippen molar-refractivity contribution in [2.75, 3.05) is 7.11 Å². The van der Waals surface area contributed by atoms with Gasteiger partial charge in [-0.15, -0.1) is 4.99 Å². The average molecular weight is 167 g/mol. The highest BCUT2D eigenvalue weighted by atomic mass is 16.5. The molecule has 0 atom stereocenters. The zero-order valence-electron chi connectivity index (χ0n) is 6.23. The highest BCUT2D eigenvalue weighted by Crippen LogP contribution is 2.16. The molecule has 1 heterocycles. The van der Waals surface area contributed by atoms with Crippen molar-refractivity contribution in [3.63, 3.8) is 0 Å². The summed E-state index contributed by atoms with van der Waals surface area (Å²) in [5.41, 5.74) is 0. The predicted molar refractivity (Wildman–Crippen MR) is 37.8 cm³/mol. The largest absolute Gasteiger partial charge is 0.463 e. The highest BCUT2D eigenvalue weighted by Gasteiger charge is 2.09. The number of carbonyl (C=O) groups excluding carboxylic acids is 2. The summed E-state index contributed by atoms with van der Waals surface area (Å²) in [6.45, 7) is 0. The Labute approximate surface area is 67.7 Å². The van der Waals surface area contributed by atoms with E-state index in [1.54, 1.807) is 0 Å². The summed E-state index contributed by atoms with van der Waals surface area (Å²) in [5, 5.41) is 0. The van der Waals surface area contributed by atoms with Crippen LogP contribution in [0.2, 0.25) is 0 Å². The third-order valence-electron chi connectivity index (χ3n) is 1.13. The minimum Gasteiger partial charge on any atom is -0.463 e. The van der Waals surface area contributed by atoms with Gasteiger partial charge in [0.2, 0.25) is 17.7 Å². The van der Waals surface area contributed by atoms with Crippen molar-refractivity contribution < 1.29 is 18.7 Å². The SMILES string of the molecule is COC(=O)c1ccc(N=C=O)o1. The first-order valence-corrected chi connectivity index (χ1v) is 3.04. The van der Waals surface area contributed by atoms with Gasteiger partial charge in [-0.2, -0.15) is 0 Å². The maximum absolute atomic E-state index is 10.8. The number of hydrogen-bond donors (Lipinski definition) is 0. The number of carbonyl (C=O) groups is 1. The van der Waals surface area contributed by atoms with Crippen LogP contribution in [0.5, 0.6) is 0 Å². The van der Waals surface area contributed by atoms with E-state index in [0.29, 0.717) is 0 Å². The summed E-state index contributed by atoms with van der Waals surface area (Å²) in [4.78, 5) is 23.7. The second kappa shape index (κ2) is 3.50. The molecule has 0 aliphatic heterocycles. The highest BCUT2D eigenvalue weighted by molar-refractivity contribution is 5.86. The van der Waals surface area contributed by atoms with E-state index >= 15 is 0 Å². The van der Waals surface area contributed by atoms with Crippen LogP contribution in [0.25, 0.3) is 0 Å². The van der Waals surface area contributed by atoms with Crippen molar-refractivity contribution in [3.05, 3.63) is 17.9 Å². The Balaban J connectivity index is 2.91. The third kappa shape index (κ3) is 1.59. The van der Waals surface area contributed by atoms with Crippen molar-refractivity contribution in [1.82, 2.24) is 0 Å². The number of ether oxygens (including phenoxy) is 1. The van der Waals surface area contributed by atoms with Crippen LogP contribution in [0.4, 0.5) is 5.88 Å². The normalized spacial score (nSPS) is 8.75. The average Bonchev–Trinajstić information content (AvgIpc) is 2.52. The summed E-state index contributed by atoms with van der Waals surface area (Å²) < 4.78 is 9.13. The van der Waals surface area contributed by atoms with Gasteiger partial charge in [0, 0.05) is 6.07 Å². The molecule has 1 aromatic heterocycles. The first kappa shape index (κ1) is 8.23. The van der Waals surface area contributed by atoms with Crippen LogP contribution < -0.4 is 0 Å². The number of esters is 1. The van der Waals surface area contributed by atoms with E-state index in [-0.39, 0.29) is 11.6 Å². The van der Waals surface area contributed by atoms with Gasteiger partial charge < -0.3 is 9.15 Å². The number of hydrogen-bond acceptors (Lipinski definition) is 5. The lowest BCUT2D eigenvalue weighted by Gasteiger charge is -1.90. The molecule has 1 aromatic rings. The third-order valence-corrected chi connectivity index (χ3v) is 1.13. The van der Waals surface area contributed by atoms with Gasteiger partial charge in [0.25, 0.3) is 0 Å². The van der Waals surface area contributed by atoms with E-state index in [1.807, 2.05) is 0 Å². The zero-order chi connectivity index (χ0) is 8.97. The molecule has 0 aliphatic rings. The lowest BCUT2D eigenvalue weighted by atomic mass is 10.5. The maximum Gasteiger partial charge on any atom is 0.374 e. The Morgan fingerprint density at radius 1 is 1.67 bits per heavy atom. The lowest BCUT2D eigenvalue weighted by Crippen LogP contribution is -1.97. The van der Waals surface area contributed by atoms with Crippen LogP contribution in [0.3, 0.4) is 0 Å². The second-order valence-corrected chi connectivity index (χ2v) is 1.83. The van der Waals surface area contributed by atoms with Crippen molar-refractivity contribution in [2.45, 2.75) is 0 Å². The monoisotopic (exact) mass is 167 g/mol. The molecule has 0 saturated carbocycles. The first-order valence-electron chi connectivity index (χ1n) is 3.04. The first-order chi connectivity index (χ1) is 5.77. The second-order valence-electron chi connectivity index (χ2n) is 1.83.